The van der Waals surface area contributed by atoms with E-state index in [2.05, 4.69) is 22.0 Å². The first-order valence-electron chi connectivity index (χ1n) is 10.3. The van der Waals surface area contributed by atoms with Crippen molar-refractivity contribution in [3.05, 3.63) is 0 Å². The van der Waals surface area contributed by atoms with Crippen molar-refractivity contribution in [3.63, 3.8) is 0 Å². The standard InChI is InChI=1S/C21H34N4O4/c1-12(2)8-16(10-18(27)19(13(3)4)24-14(5)26)21(29)25-17(11-22)9-15-6-7-23-20(15)28/h12-13,15-17,19H,6-10H2,1-5H3,(H,23,28)(H,24,26)(H,25,29)/t15-,16+,17-,19-/m0/s1. The maximum absolute atomic E-state index is 12.9. The van der Waals surface area contributed by atoms with Gasteiger partial charge in [0.1, 0.15) is 6.04 Å². The first-order chi connectivity index (χ1) is 13.5. The second kappa shape index (κ2) is 11.5. The number of carbonyl (C=O) groups is 4. The summed E-state index contributed by atoms with van der Waals surface area (Å²) in [7, 11) is 0. The van der Waals surface area contributed by atoms with Gasteiger partial charge in [-0.3, -0.25) is 19.2 Å². The van der Waals surface area contributed by atoms with E-state index >= 15 is 0 Å². The smallest absolute Gasteiger partial charge is 0.224 e. The molecule has 1 saturated heterocycles. The van der Waals surface area contributed by atoms with Crippen LogP contribution in [-0.2, 0) is 19.2 Å². The number of ketones is 1. The van der Waals surface area contributed by atoms with Crippen LogP contribution in [0.2, 0.25) is 0 Å². The zero-order valence-corrected chi connectivity index (χ0v) is 18.1. The van der Waals surface area contributed by atoms with Gasteiger partial charge in [-0.2, -0.15) is 5.26 Å². The number of nitrogens with zero attached hydrogens (tertiary/aromatic N) is 1. The molecule has 3 amide bonds. The second-order valence-electron chi connectivity index (χ2n) is 8.62. The van der Waals surface area contributed by atoms with Crippen LogP contribution in [0.4, 0.5) is 0 Å². The van der Waals surface area contributed by atoms with Gasteiger partial charge in [-0.25, -0.2) is 0 Å². The Morgan fingerprint density at radius 3 is 2.31 bits per heavy atom. The summed E-state index contributed by atoms with van der Waals surface area (Å²) >= 11 is 0. The largest absolute Gasteiger partial charge is 0.356 e. The van der Waals surface area contributed by atoms with Crippen LogP contribution in [0.15, 0.2) is 0 Å². The van der Waals surface area contributed by atoms with E-state index < -0.39 is 18.0 Å². The van der Waals surface area contributed by atoms with E-state index in [9.17, 15) is 24.4 Å². The highest BCUT2D eigenvalue weighted by Crippen LogP contribution is 2.21. The van der Waals surface area contributed by atoms with Crippen LogP contribution in [0.25, 0.3) is 0 Å². The number of nitriles is 1. The highest BCUT2D eigenvalue weighted by molar-refractivity contribution is 5.92. The lowest BCUT2D eigenvalue weighted by molar-refractivity contribution is -0.132. The molecule has 0 unspecified atom stereocenters. The number of nitrogens with one attached hydrogen (secondary N) is 3. The average Bonchev–Trinajstić information content (AvgIpc) is 3.02. The molecule has 8 heteroatoms. The van der Waals surface area contributed by atoms with Crippen LogP contribution in [0.3, 0.4) is 0 Å². The summed E-state index contributed by atoms with van der Waals surface area (Å²) in [5.74, 6) is -1.73. The van der Waals surface area contributed by atoms with Gasteiger partial charge in [0.25, 0.3) is 0 Å². The van der Waals surface area contributed by atoms with Crippen molar-refractivity contribution in [1.29, 1.82) is 5.26 Å². The molecule has 162 valence electrons. The lowest BCUT2D eigenvalue weighted by atomic mass is 9.87. The molecule has 1 heterocycles. The average molecular weight is 407 g/mol. The summed E-state index contributed by atoms with van der Waals surface area (Å²) in [6.45, 7) is 9.55. The first-order valence-corrected chi connectivity index (χ1v) is 10.3. The molecule has 3 N–H and O–H groups in total. The fraction of sp³-hybridized carbons (Fsp3) is 0.762. The molecular formula is C21H34N4O4. The Hall–Kier alpha value is -2.43. The van der Waals surface area contributed by atoms with E-state index in [0.29, 0.717) is 19.4 Å². The number of amides is 3. The normalized spacial score (nSPS) is 19.2. The molecule has 0 aromatic carbocycles. The Morgan fingerprint density at radius 2 is 1.86 bits per heavy atom. The quantitative estimate of drug-likeness (QED) is 0.476. The molecule has 0 aliphatic carbocycles. The van der Waals surface area contributed by atoms with E-state index in [1.165, 1.54) is 6.92 Å². The lowest BCUT2D eigenvalue weighted by Gasteiger charge is -2.25. The highest BCUT2D eigenvalue weighted by atomic mass is 16.2. The maximum Gasteiger partial charge on any atom is 0.224 e. The summed E-state index contributed by atoms with van der Waals surface area (Å²) in [5, 5.41) is 17.5. The Labute approximate surface area is 173 Å². The first kappa shape index (κ1) is 24.6. The molecule has 8 nitrogen and oxygen atoms in total. The molecule has 0 saturated carbocycles. The summed E-state index contributed by atoms with van der Waals surface area (Å²) in [6.07, 6.45) is 1.39. The van der Waals surface area contributed by atoms with Crippen LogP contribution < -0.4 is 16.0 Å². The van der Waals surface area contributed by atoms with Crippen molar-refractivity contribution in [2.24, 2.45) is 23.7 Å². The molecule has 1 fully saturated rings. The van der Waals surface area contributed by atoms with Crippen LogP contribution in [0.1, 0.15) is 60.3 Å². The lowest BCUT2D eigenvalue weighted by Crippen LogP contribution is -2.46. The van der Waals surface area contributed by atoms with Crippen LogP contribution in [0.5, 0.6) is 0 Å². The number of rotatable bonds is 11. The minimum Gasteiger partial charge on any atom is -0.356 e. The summed E-state index contributed by atoms with van der Waals surface area (Å²) < 4.78 is 0. The Kier molecular flexibility index (Phi) is 9.79. The predicted octanol–water partition coefficient (Wildman–Crippen LogP) is 1.30. The van der Waals surface area contributed by atoms with Crippen molar-refractivity contribution >= 4 is 23.5 Å². The van der Waals surface area contributed by atoms with Gasteiger partial charge in [0.15, 0.2) is 5.78 Å². The summed E-state index contributed by atoms with van der Waals surface area (Å²) in [5.41, 5.74) is 0. The van der Waals surface area contributed by atoms with Gasteiger partial charge in [-0.1, -0.05) is 27.7 Å². The van der Waals surface area contributed by atoms with Crippen LogP contribution >= 0.6 is 0 Å². The molecule has 1 aliphatic heterocycles. The molecule has 0 aromatic heterocycles. The molecule has 0 bridgehead atoms. The molecule has 0 aromatic rings. The Morgan fingerprint density at radius 1 is 1.21 bits per heavy atom. The number of hydrogen-bond acceptors (Lipinski definition) is 5. The molecule has 1 rings (SSSR count). The van der Waals surface area contributed by atoms with Gasteiger partial charge in [0, 0.05) is 31.7 Å². The maximum atomic E-state index is 12.9. The minimum absolute atomic E-state index is 0.00476. The van der Waals surface area contributed by atoms with E-state index in [0.717, 1.165) is 0 Å². The third kappa shape index (κ3) is 8.22. The Bertz CT molecular complexity index is 654. The van der Waals surface area contributed by atoms with Crippen molar-refractivity contribution in [2.45, 2.75) is 72.4 Å². The molecule has 0 radical (unpaired) electrons. The zero-order chi connectivity index (χ0) is 22.1. The topological polar surface area (TPSA) is 128 Å². The van der Waals surface area contributed by atoms with Gasteiger partial charge < -0.3 is 16.0 Å². The summed E-state index contributed by atoms with van der Waals surface area (Å²) in [6, 6.07) is 0.626. The second-order valence-corrected chi connectivity index (χ2v) is 8.62. The van der Waals surface area contributed by atoms with E-state index in [-0.39, 0.29) is 54.1 Å². The third-order valence-electron chi connectivity index (χ3n) is 5.10. The van der Waals surface area contributed by atoms with Crippen molar-refractivity contribution < 1.29 is 19.2 Å². The van der Waals surface area contributed by atoms with E-state index in [1.54, 1.807) is 0 Å². The summed E-state index contributed by atoms with van der Waals surface area (Å²) in [4.78, 5) is 48.8. The predicted molar refractivity (Wildman–Crippen MR) is 108 cm³/mol. The van der Waals surface area contributed by atoms with Gasteiger partial charge in [-0.15, -0.1) is 0 Å². The van der Waals surface area contributed by atoms with Gasteiger partial charge in [-0.05, 0) is 31.1 Å². The SMILES string of the molecule is CC(=O)N[C@H](C(=O)C[C@@H](CC(C)C)C(=O)N[C@H](C#N)C[C@@H]1CCNC1=O)C(C)C. The van der Waals surface area contributed by atoms with Gasteiger partial charge in [0.2, 0.25) is 17.7 Å². The van der Waals surface area contributed by atoms with Gasteiger partial charge >= 0.3 is 0 Å². The fourth-order valence-electron chi connectivity index (χ4n) is 3.65. The molecule has 1 aliphatic rings. The van der Waals surface area contributed by atoms with E-state index in [4.69, 9.17) is 0 Å². The highest BCUT2D eigenvalue weighted by Gasteiger charge is 2.32. The third-order valence-corrected chi connectivity index (χ3v) is 5.10. The number of hydrogen-bond donors (Lipinski definition) is 3. The Balaban J connectivity index is 2.82. The number of Topliss-reactive ketones (excluding diaryl/α,β-unsaturated/α-hetero) is 1. The van der Waals surface area contributed by atoms with Crippen LogP contribution in [0, 0.1) is 35.0 Å². The monoisotopic (exact) mass is 406 g/mol. The van der Waals surface area contributed by atoms with Crippen molar-refractivity contribution in [2.75, 3.05) is 6.54 Å². The van der Waals surface area contributed by atoms with Gasteiger partial charge in [0.05, 0.1) is 12.1 Å². The molecular weight excluding hydrogens is 372 g/mol. The molecule has 4 atom stereocenters. The zero-order valence-electron chi connectivity index (χ0n) is 18.1. The minimum atomic E-state index is -0.780. The molecule has 29 heavy (non-hydrogen) atoms. The van der Waals surface area contributed by atoms with E-state index in [1.807, 2.05) is 27.7 Å². The van der Waals surface area contributed by atoms with Crippen molar-refractivity contribution in [3.8, 4) is 6.07 Å². The fourth-order valence-corrected chi connectivity index (χ4v) is 3.65. The molecule has 0 spiro atoms. The van der Waals surface area contributed by atoms with Crippen LogP contribution in [-0.4, -0.2) is 42.1 Å². The number of carbonyl (C=O) groups excluding carboxylic acids is 4. The van der Waals surface area contributed by atoms with Crippen molar-refractivity contribution in [1.82, 2.24) is 16.0 Å².